The molecule has 4 rings (SSSR count). The average Bonchev–Trinajstić information content (AvgIpc) is 3.27. The molecule has 0 saturated carbocycles. The lowest BCUT2D eigenvalue weighted by Gasteiger charge is -2.11. The summed E-state index contributed by atoms with van der Waals surface area (Å²) in [6.45, 7) is 10.0. The van der Waals surface area contributed by atoms with Gasteiger partial charge in [0.15, 0.2) is 0 Å². The fraction of sp³-hybridized carbons (Fsp3) is 0.240. The Balaban J connectivity index is 1.53. The molecule has 1 N–H and O–H groups in total. The fourth-order valence-corrected chi connectivity index (χ4v) is 3.64. The Bertz CT molecular complexity index is 1250. The minimum atomic E-state index is -0.238. The van der Waals surface area contributed by atoms with Crippen LogP contribution in [0.5, 0.6) is 5.75 Å². The van der Waals surface area contributed by atoms with Crippen LogP contribution in [0.2, 0.25) is 0 Å². The highest BCUT2D eigenvalue weighted by molar-refractivity contribution is 6.04. The van der Waals surface area contributed by atoms with Crippen molar-refractivity contribution < 1.29 is 14.1 Å². The number of aromatic nitrogens is 3. The van der Waals surface area contributed by atoms with Gasteiger partial charge < -0.3 is 14.6 Å². The monoisotopic (exact) mass is 430 g/mol. The normalized spacial score (nSPS) is 10.9. The summed E-state index contributed by atoms with van der Waals surface area (Å²) >= 11 is 0. The summed E-state index contributed by atoms with van der Waals surface area (Å²) in [6.07, 6.45) is 0. The van der Waals surface area contributed by atoms with Crippen LogP contribution in [0.25, 0.3) is 5.69 Å². The molecule has 32 heavy (non-hydrogen) atoms. The molecule has 0 aliphatic heterocycles. The Morgan fingerprint density at radius 2 is 1.78 bits per heavy atom. The maximum atomic E-state index is 13.0. The molecule has 0 aliphatic carbocycles. The van der Waals surface area contributed by atoms with E-state index in [4.69, 9.17) is 9.26 Å². The van der Waals surface area contributed by atoms with E-state index in [0.717, 1.165) is 39.5 Å². The van der Waals surface area contributed by atoms with Crippen LogP contribution in [0.15, 0.2) is 53.1 Å². The third kappa shape index (κ3) is 4.56. The minimum absolute atomic E-state index is 0.238. The number of ether oxygens (including phenoxy) is 1. The van der Waals surface area contributed by atoms with Gasteiger partial charge in [0.2, 0.25) is 0 Å². The van der Waals surface area contributed by atoms with Crippen molar-refractivity contribution in [2.24, 2.45) is 0 Å². The van der Waals surface area contributed by atoms with E-state index in [1.165, 1.54) is 0 Å². The standard InChI is InChI=1S/C25H26N4O3/c1-15-9-16(2)11-21(10-15)29-24(12-17(3)27-29)26-25(30)20-7-6-8-22(13-20)31-14-23-18(4)28-32-19(23)5/h6-13H,14H2,1-5H3,(H,26,30). The van der Waals surface area contributed by atoms with E-state index in [0.29, 0.717) is 23.7 Å². The summed E-state index contributed by atoms with van der Waals surface area (Å²) in [6, 6.07) is 15.1. The van der Waals surface area contributed by atoms with Crippen LogP contribution >= 0.6 is 0 Å². The van der Waals surface area contributed by atoms with Crippen molar-refractivity contribution in [3.63, 3.8) is 0 Å². The molecule has 7 nitrogen and oxygen atoms in total. The lowest BCUT2D eigenvalue weighted by Crippen LogP contribution is -2.15. The lowest BCUT2D eigenvalue weighted by molar-refractivity contribution is 0.102. The maximum absolute atomic E-state index is 13.0. The number of aryl methyl sites for hydroxylation is 5. The Morgan fingerprint density at radius 1 is 1.03 bits per heavy atom. The molecule has 0 fully saturated rings. The minimum Gasteiger partial charge on any atom is -0.489 e. The highest BCUT2D eigenvalue weighted by Crippen LogP contribution is 2.22. The van der Waals surface area contributed by atoms with Gasteiger partial charge in [-0.15, -0.1) is 0 Å². The van der Waals surface area contributed by atoms with Crippen molar-refractivity contribution in [1.29, 1.82) is 0 Å². The molecule has 4 aromatic rings. The molecule has 0 spiro atoms. The predicted octanol–water partition coefficient (Wildman–Crippen LogP) is 5.23. The van der Waals surface area contributed by atoms with Crippen molar-refractivity contribution in [3.05, 3.63) is 87.9 Å². The molecule has 1 amide bonds. The predicted molar refractivity (Wildman–Crippen MR) is 122 cm³/mol. The number of carbonyl (C=O) groups excluding carboxylic acids is 1. The number of rotatable bonds is 6. The highest BCUT2D eigenvalue weighted by atomic mass is 16.5. The second-order valence-corrected chi connectivity index (χ2v) is 8.00. The van der Waals surface area contributed by atoms with E-state index in [9.17, 15) is 4.79 Å². The van der Waals surface area contributed by atoms with Crippen molar-refractivity contribution in [1.82, 2.24) is 14.9 Å². The summed E-state index contributed by atoms with van der Waals surface area (Å²) in [5, 5.41) is 11.5. The van der Waals surface area contributed by atoms with E-state index < -0.39 is 0 Å². The van der Waals surface area contributed by atoms with E-state index in [-0.39, 0.29) is 5.91 Å². The van der Waals surface area contributed by atoms with E-state index in [1.54, 1.807) is 22.9 Å². The number of carbonyl (C=O) groups is 1. The Morgan fingerprint density at radius 3 is 2.47 bits per heavy atom. The first-order valence-electron chi connectivity index (χ1n) is 10.4. The molecule has 2 heterocycles. The molecule has 0 atom stereocenters. The molecule has 164 valence electrons. The van der Waals surface area contributed by atoms with Gasteiger partial charge in [-0.05, 0) is 76.1 Å². The summed E-state index contributed by atoms with van der Waals surface area (Å²) in [4.78, 5) is 13.0. The van der Waals surface area contributed by atoms with Gasteiger partial charge in [0.05, 0.1) is 22.6 Å². The molecule has 7 heteroatoms. The van der Waals surface area contributed by atoms with Crippen LogP contribution in [0.1, 0.15) is 44.2 Å². The average molecular weight is 431 g/mol. The molecular formula is C25H26N4O3. The number of anilines is 1. The molecule has 2 aromatic heterocycles. The van der Waals surface area contributed by atoms with Gasteiger partial charge >= 0.3 is 0 Å². The first-order valence-corrected chi connectivity index (χ1v) is 10.4. The number of hydrogen-bond donors (Lipinski definition) is 1. The van der Waals surface area contributed by atoms with Gasteiger partial charge in [0, 0.05) is 11.6 Å². The number of amides is 1. The Labute approximate surface area is 187 Å². The second kappa shape index (κ2) is 8.70. The largest absolute Gasteiger partial charge is 0.489 e. The molecular weight excluding hydrogens is 404 g/mol. The van der Waals surface area contributed by atoms with Gasteiger partial charge in [0.25, 0.3) is 5.91 Å². The van der Waals surface area contributed by atoms with Crippen LogP contribution in [0.3, 0.4) is 0 Å². The smallest absolute Gasteiger partial charge is 0.256 e. The molecule has 0 radical (unpaired) electrons. The Hall–Kier alpha value is -3.87. The molecule has 0 aliphatic rings. The number of benzene rings is 2. The SMILES string of the molecule is Cc1cc(C)cc(-n2nc(C)cc2NC(=O)c2cccc(OCc3c(C)noc3C)c2)c1. The third-order valence-electron chi connectivity index (χ3n) is 5.18. The second-order valence-electron chi connectivity index (χ2n) is 8.00. The summed E-state index contributed by atoms with van der Waals surface area (Å²) in [5.41, 5.74) is 6.19. The summed E-state index contributed by atoms with van der Waals surface area (Å²) in [5.74, 6) is 1.70. The first-order chi connectivity index (χ1) is 15.3. The Kier molecular flexibility index (Phi) is 5.81. The van der Waals surface area contributed by atoms with Gasteiger partial charge in [-0.1, -0.05) is 17.3 Å². The lowest BCUT2D eigenvalue weighted by atomic mass is 10.1. The molecule has 0 bridgehead atoms. The van der Waals surface area contributed by atoms with Crippen molar-refractivity contribution in [2.45, 2.75) is 41.2 Å². The van der Waals surface area contributed by atoms with Crippen LogP contribution < -0.4 is 10.1 Å². The van der Waals surface area contributed by atoms with Crippen LogP contribution in [-0.4, -0.2) is 20.8 Å². The topological polar surface area (TPSA) is 82.2 Å². The zero-order valence-electron chi connectivity index (χ0n) is 18.9. The quantitative estimate of drug-likeness (QED) is 0.453. The zero-order chi connectivity index (χ0) is 22.8. The van der Waals surface area contributed by atoms with Gasteiger partial charge in [0.1, 0.15) is 23.9 Å². The number of nitrogens with zero attached hydrogens (tertiary/aromatic N) is 3. The fourth-order valence-electron chi connectivity index (χ4n) is 3.64. The maximum Gasteiger partial charge on any atom is 0.256 e. The number of nitrogens with one attached hydrogen (secondary N) is 1. The van der Waals surface area contributed by atoms with Crippen molar-refractivity contribution >= 4 is 11.7 Å². The summed E-state index contributed by atoms with van der Waals surface area (Å²) < 4.78 is 12.8. The van der Waals surface area contributed by atoms with Crippen LogP contribution in [0, 0.1) is 34.6 Å². The van der Waals surface area contributed by atoms with Crippen molar-refractivity contribution in [2.75, 3.05) is 5.32 Å². The highest BCUT2D eigenvalue weighted by Gasteiger charge is 2.15. The molecule has 2 aromatic carbocycles. The third-order valence-corrected chi connectivity index (χ3v) is 5.18. The number of hydrogen-bond acceptors (Lipinski definition) is 5. The van der Waals surface area contributed by atoms with Gasteiger partial charge in [-0.25, -0.2) is 4.68 Å². The molecule has 0 unspecified atom stereocenters. The van der Waals surface area contributed by atoms with E-state index in [1.807, 2.05) is 58.9 Å². The molecule has 0 saturated heterocycles. The first kappa shape index (κ1) is 21.4. The zero-order valence-corrected chi connectivity index (χ0v) is 18.9. The summed E-state index contributed by atoms with van der Waals surface area (Å²) in [7, 11) is 0. The van der Waals surface area contributed by atoms with Crippen LogP contribution in [0.4, 0.5) is 5.82 Å². The van der Waals surface area contributed by atoms with E-state index >= 15 is 0 Å². The van der Waals surface area contributed by atoms with Crippen LogP contribution in [-0.2, 0) is 6.61 Å². The van der Waals surface area contributed by atoms with Gasteiger partial charge in [-0.2, -0.15) is 5.10 Å². The van der Waals surface area contributed by atoms with E-state index in [2.05, 4.69) is 21.6 Å². The van der Waals surface area contributed by atoms with Crippen molar-refractivity contribution in [3.8, 4) is 11.4 Å². The van der Waals surface area contributed by atoms with Gasteiger partial charge in [-0.3, -0.25) is 4.79 Å².